The van der Waals surface area contributed by atoms with Crippen molar-refractivity contribution in [2.24, 2.45) is 17.6 Å². The standard InChI is InChI=1S/C25H28FN3O3/c1-14(2)11-20-24(31)28-21(18-12-16-5-3-4-6-17(16)13-18)25(32)29(20)22(23(27)30)15-7-9-19(26)10-8-15/h3-10,14,18,20-22H,11-13H2,1-2H3,(H2,27,30)(H,28,31)/t20-,21-,22?/m1/s1. The Morgan fingerprint density at radius 3 is 2.22 bits per heavy atom. The molecule has 1 saturated heterocycles. The molecule has 168 valence electrons. The second kappa shape index (κ2) is 8.73. The van der Waals surface area contributed by atoms with E-state index in [-0.39, 0.29) is 23.7 Å². The third kappa shape index (κ3) is 4.11. The fraction of sp³-hybridized carbons (Fsp3) is 0.400. The van der Waals surface area contributed by atoms with E-state index < -0.39 is 29.8 Å². The van der Waals surface area contributed by atoms with Crippen LogP contribution in [0.15, 0.2) is 48.5 Å². The smallest absolute Gasteiger partial charge is 0.247 e. The van der Waals surface area contributed by atoms with E-state index >= 15 is 0 Å². The zero-order valence-electron chi connectivity index (χ0n) is 18.3. The van der Waals surface area contributed by atoms with E-state index in [0.717, 1.165) is 0 Å². The molecule has 1 aliphatic carbocycles. The summed E-state index contributed by atoms with van der Waals surface area (Å²) in [6.45, 7) is 3.90. The zero-order valence-corrected chi connectivity index (χ0v) is 18.3. The van der Waals surface area contributed by atoms with E-state index in [4.69, 9.17) is 5.73 Å². The number of primary amides is 1. The van der Waals surface area contributed by atoms with Crippen LogP contribution in [0, 0.1) is 17.7 Å². The van der Waals surface area contributed by atoms with Gasteiger partial charge in [-0.3, -0.25) is 14.4 Å². The molecule has 32 heavy (non-hydrogen) atoms. The summed E-state index contributed by atoms with van der Waals surface area (Å²) in [6.07, 6.45) is 1.74. The monoisotopic (exact) mass is 437 g/mol. The average molecular weight is 438 g/mol. The van der Waals surface area contributed by atoms with Crippen molar-refractivity contribution < 1.29 is 18.8 Å². The molecule has 6 nitrogen and oxygen atoms in total. The quantitative estimate of drug-likeness (QED) is 0.727. The van der Waals surface area contributed by atoms with Crippen LogP contribution in [0.25, 0.3) is 0 Å². The summed E-state index contributed by atoms with van der Waals surface area (Å²) in [5, 5.41) is 2.94. The molecule has 3 amide bonds. The second-order valence-electron chi connectivity index (χ2n) is 9.17. The zero-order chi connectivity index (χ0) is 23.0. The lowest BCUT2D eigenvalue weighted by atomic mass is 9.88. The lowest BCUT2D eigenvalue weighted by molar-refractivity contribution is -0.157. The molecule has 7 heteroatoms. The molecule has 0 saturated carbocycles. The van der Waals surface area contributed by atoms with Gasteiger partial charge >= 0.3 is 0 Å². The van der Waals surface area contributed by atoms with Gasteiger partial charge in [-0.2, -0.15) is 0 Å². The number of fused-ring (bicyclic) bond motifs is 1. The van der Waals surface area contributed by atoms with Gasteiger partial charge in [0.1, 0.15) is 23.9 Å². The van der Waals surface area contributed by atoms with E-state index in [1.165, 1.54) is 40.3 Å². The molecule has 2 aromatic carbocycles. The van der Waals surface area contributed by atoms with Gasteiger partial charge in [-0.15, -0.1) is 0 Å². The minimum atomic E-state index is -1.15. The molecule has 3 atom stereocenters. The first-order valence-electron chi connectivity index (χ1n) is 11.0. The summed E-state index contributed by atoms with van der Waals surface area (Å²) in [6, 6.07) is 10.6. The Labute approximate surface area is 187 Å². The summed E-state index contributed by atoms with van der Waals surface area (Å²) in [7, 11) is 0. The maximum Gasteiger partial charge on any atom is 0.247 e. The lowest BCUT2D eigenvalue weighted by Crippen LogP contribution is -2.67. The third-order valence-corrected chi connectivity index (χ3v) is 6.44. The number of carbonyl (C=O) groups is 3. The molecule has 0 spiro atoms. The third-order valence-electron chi connectivity index (χ3n) is 6.44. The minimum absolute atomic E-state index is 0.104. The van der Waals surface area contributed by atoms with Gasteiger partial charge in [0.2, 0.25) is 17.7 Å². The van der Waals surface area contributed by atoms with E-state index in [1.54, 1.807) is 0 Å². The van der Waals surface area contributed by atoms with E-state index in [9.17, 15) is 18.8 Å². The van der Waals surface area contributed by atoms with Crippen LogP contribution in [0.2, 0.25) is 0 Å². The van der Waals surface area contributed by atoms with Crippen LogP contribution in [0.3, 0.4) is 0 Å². The molecular weight excluding hydrogens is 409 g/mol. The van der Waals surface area contributed by atoms with Crippen LogP contribution in [0.5, 0.6) is 0 Å². The van der Waals surface area contributed by atoms with Crippen LogP contribution >= 0.6 is 0 Å². The number of nitrogens with one attached hydrogen (secondary N) is 1. The first kappa shape index (κ1) is 22.0. The Morgan fingerprint density at radius 1 is 1.09 bits per heavy atom. The Hall–Kier alpha value is -3.22. The van der Waals surface area contributed by atoms with Gasteiger partial charge in [0.15, 0.2) is 0 Å². The van der Waals surface area contributed by atoms with Gasteiger partial charge in [0, 0.05) is 0 Å². The number of rotatable bonds is 6. The van der Waals surface area contributed by atoms with Crippen molar-refractivity contribution in [2.45, 2.75) is 51.2 Å². The highest BCUT2D eigenvalue weighted by molar-refractivity contribution is 6.00. The molecule has 2 aliphatic rings. The van der Waals surface area contributed by atoms with Crippen molar-refractivity contribution in [2.75, 3.05) is 0 Å². The van der Waals surface area contributed by atoms with E-state index in [2.05, 4.69) is 5.32 Å². The molecule has 1 unspecified atom stereocenters. The molecule has 2 aromatic rings. The number of hydrogen-bond donors (Lipinski definition) is 2. The largest absolute Gasteiger partial charge is 0.368 e. The Morgan fingerprint density at radius 2 is 1.69 bits per heavy atom. The maximum absolute atomic E-state index is 13.8. The van der Waals surface area contributed by atoms with Crippen LogP contribution < -0.4 is 11.1 Å². The fourth-order valence-electron chi connectivity index (χ4n) is 4.98. The van der Waals surface area contributed by atoms with Crippen LogP contribution in [-0.4, -0.2) is 34.7 Å². The number of amides is 3. The molecule has 0 radical (unpaired) electrons. The van der Waals surface area contributed by atoms with E-state index in [1.807, 2.05) is 38.1 Å². The van der Waals surface area contributed by atoms with Crippen molar-refractivity contribution in [3.63, 3.8) is 0 Å². The van der Waals surface area contributed by atoms with Crippen molar-refractivity contribution in [3.05, 3.63) is 71.0 Å². The molecule has 1 aliphatic heterocycles. The minimum Gasteiger partial charge on any atom is -0.368 e. The fourth-order valence-corrected chi connectivity index (χ4v) is 4.98. The summed E-state index contributed by atoms with van der Waals surface area (Å²) in [4.78, 5) is 41.0. The molecule has 4 rings (SSSR count). The van der Waals surface area contributed by atoms with Crippen molar-refractivity contribution in [1.82, 2.24) is 10.2 Å². The Balaban J connectivity index is 1.71. The molecule has 3 N–H and O–H groups in total. The molecule has 0 bridgehead atoms. The van der Waals surface area contributed by atoms with E-state index in [0.29, 0.717) is 24.8 Å². The lowest BCUT2D eigenvalue weighted by Gasteiger charge is -2.44. The first-order chi connectivity index (χ1) is 15.3. The maximum atomic E-state index is 13.8. The topological polar surface area (TPSA) is 92.5 Å². The average Bonchev–Trinajstić information content (AvgIpc) is 3.17. The number of nitrogens with two attached hydrogens (primary N) is 1. The molecular formula is C25H28FN3O3. The van der Waals surface area contributed by atoms with Crippen molar-refractivity contribution in [3.8, 4) is 0 Å². The van der Waals surface area contributed by atoms with Crippen molar-refractivity contribution >= 4 is 17.7 Å². The summed E-state index contributed by atoms with van der Waals surface area (Å²) >= 11 is 0. The normalized spacial score (nSPS) is 22.1. The second-order valence-corrected chi connectivity index (χ2v) is 9.17. The molecule has 1 fully saturated rings. The molecule has 1 heterocycles. The highest BCUT2D eigenvalue weighted by atomic mass is 19.1. The van der Waals surface area contributed by atoms with Gasteiger partial charge in [-0.1, -0.05) is 50.2 Å². The van der Waals surface area contributed by atoms with Crippen LogP contribution in [-0.2, 0) is 27.2 Å². The van der Waals surface area contributed by atoms with Gasteiger partial charge in [0.05, 0.1) is 0 Å². The van der Waals surface area contributed by atoms with Gasteiger partial charge < -0.3 is 16.0 Å². The van der Waals surface area contributed by atoms with Gasteiger partial charge in [-0.05, 0) is 59.9 Å². The van der Waals surface area contributed by atoms with Gasteiger partial charge in [0.25, 0.3) is 0 Å². The van der Waals surface area contributed by atoms with Crippen LogP contribution in [0.4, 0.5) is 4.39 Å². The van der Waals surface area contributed by atoms with Crippen molar-refractivity contribution in [1.29, 1.82) is 0 Å². The number of piperazine rings is 1. The van der Waals surface area contributed by atoms with Crippen LogP contribution in [0.1, 0.15) is 43.0 Å². The SMILES string of the molecule is CC(C)C[C@@H]1C(=O)N[C@H](C2Cc3ccccc3C2)C(=O)N1C(C(N)=O)c1ccc(F)cc1. The predicted octanol–water partition coefficient (Wildman–Crippen LogP) is 2.51. The summed E-state index contributed by atoms with van der Waals surface area (Å²) < 4.78 is 13.5. The molecule has 0 aromatic heterocycles. The predicted molar refractivity (Wildman–Crippen MR) is 118 cm³/mol. The number of benzene rings is 2. The first-order valence-corrected chi connectivity index (χ1v) is 11.0. The number of hydrogen-bond acceptors (Lipinski definition) is 3. The highest BCUT2D eigenvalue weighted by Gasteiger charge is 2.49. The number of nitrogens with zero attached hydrogens (tertiary/aromatic N) is 1. The highest BCUT2D eigenvalue weighted by Crippen LogP contribution is 2.35. The summed E-state index contributed by atoms with van der Waals surface area (Å²) in [5.74, 6) is -1.81. The Kier molecular flexibility index (Phi) is 6.00. The summed E-state index contributed by atoms with van der Waals surface area (Å²) in [5.41, 5.74) is 8.47. The number of halogens is 1. The van der Waals surface area contributed by atoms with Gasteiger partial charge in [-0.25, -0.2) is 4.39 Å². The number of carbonyl (C=O) groups excluding carboxylic acids is 3. The Bertz CT molecular complexity index is 1010.